The van der Waals surface area contributed by atoms with E-state index in [1.54, 1.807) is 0 Å². The number of hydrogen-bond acceptors (Lipinski definition) is 0. The molecule has 1 heterocycles. The van der Waals surface area contributed by atoms with E-state index in [9.17, 15) is 0 Å². The summed E-state index contributed by atoms with van der Waals surface area (Å²) in [4.78, 5) is 0. The van der Waals surface area contributed by atoms with Gasteiger partial charge in [-0.25, -0.2) is 0 Å². The Morgan fingerprint density at radius 2 is 1.92 bits per heavy atom. The maximum absolute atomic E-state index is 5.54. The number of aromatic nitrogens is 1. The van der Waals surface area contributed by atoms with Gasteiger partial charge in [0.15, 0.2) is 0 Å². The van der Waals surface area contributed by atoms with E-state index in [1.807, 2.05) is 47.3 Å². The number of aryl methyl sites for hydroxylation is 1. The Kier molecular flexibility index (Phi) is 2.13. The minimum Gasteiger partial charge on any atom is -0.0958 e. The molecule has 0 aliphatic heterocycles. The van der Waals surface area contributed by atoms with Crippen molar-refractivity contribution in [2.24, 2.45) is 0 Å². The molecule has 2 heteroatoms. The predicted molar refractivity (Wildman–Crippen MR) is 52.2 cm³/mol. The minimum absolute atomic E-state index is 0.868. The van der Waals surface area contributed by atoms with E-state index in [2.05, 4.69) is 6.92 Å². The van der Waals surface area contributed by atoms with Crippen molar-refractivity contribution in [1.82, 2.24) is 4.74 Å². The Labute approximate surface area is 77.4 Å². The minimum atomic E-state index is 0.868. The van der Waals surface area contributed by atoms with Crippen LogP contribution in [0.2, 0.25) is 0 Å². The molecule has 0 fully saturated rings. The van der Waals surface area contributed by atoms with E-state index in [0.717, 1.165) is 17.9 Å². The van der Waals surface area contributed by atoms with Crippen LogP contribution >= 0.6 is 0 Å². The zero-order valence-corrected chi connectivity index (χ0v) is 7.60. The van der Waals surface area contributed by atoms with Crippen molar-refractivity contribution in [3.63, 3.8) is 0 Å². The van der Waals surface area contributed by atoms with Gasteiger partial charge in [-0.1, -0.05) is 22.7 Å². The fourth-order valence-electron chi connectivity index (χ4n) is 1.26. The zero-order valence-electron chi connectivity index (χ0n) is 7.60. The molecule has 0 saturated heterocycles. The summed E-state index contributed by atoms with van der Waals surface area (Å²) in [5, 5.41) is 0. The summed E-state index contributed by atoms with van der Waals surface area (Å²) in [6, 6.07) is 12.1. The highest BCUT2D eigenvalue weighted by atomic mass is 16.5. The predicted octanol–water partition coefficient (Wildman–Crippen LogP) is 3.05. The fraction of sp³-hybridized carbons (Fsp3) is 0.182. The van der Waals surface area contributed by atoms with Gasteiger partial charge in [-0.3, -0.25) is 0 Å². The molecular formula is C11H12NO+. The van der Waals surface area contributed by atoms with Gasteiger partial charge >= 0.3 is 5.76 Å². The van der Waals surface area contributed by atoms with Crippen molar-refractivity contribution in [3.05, 3.63) is 42.6 Å². The van der Waals surface area contributed by atoms with E-state index in [-0.39, 0.29) is 0 Å². The lowest BCUT2D eigenvalue weighted by molar-refractivity contribution is 0.287. The van der Waals surface area contributed by atoms with E-state index in [0.29, 0.717) is 0 Å². The van der Waals surface area contributed by atoms with Crippen LogP contribution < -0.4 is 0 Å². The van der Waals surface area contributed by atoms with Gasteiger partial charge in [0.1, 0.15) is 12.7 Å². The van der Waals surface area contributed by atoms with Gasteiger partial charge in [-0.15, -0.1) is 0 Å². The van der Waals surface area contributed by atoms with E-state index in [1.165, 1.54) is 0 Å². The molecule has 0 saturated carbocycles. The first-order chi connectivity index (χ1) is 6.40. The summed E-state index contributed by atoms with van der Waals surface area (Å²) in [6.45, 7) is 2.92. The Hall–Kier alpha value is -1.57. The van der Waals surface area contributed by atoms with Crippen LogP contribution in [0, 0.1) is 0 Å². The van der Waals surface area contributed by atoms with Crippen molar-refractivity contribution >= 4 is 0 Å². The molecule has 0 aliphatic carbocycles. The lowest BCUT2D eigenvalue weighted by Gasteiger charge is -1.84. The molecule has 0 atom stereocenters. The van der Waals surface area contributed by atoms with Crippen molar-refractivity contribution in [2.75, 3.05) is 0 Å². The largest absolute Gasteiger partial charge is 0.405 e. The third-order valence-corrected chi connectivity index (χ3v) is 1.98. The Bertz CT molecular complexity index is 378. The van der Waals surface area contributed by atoms with Gasteiger partial charge in [0.25, 0.3) is 0 Å². The van der Waals surface area contributed by atoms with Gasteiger partial charge in [0.05, 0.1) is 11.6 Å². The smallest absolute Gasteiger partial charge is 0.0958 e. The lowest BCUT2D eigenvalue weighted by atomic mass is 10.2. The monoisotopic (exact) mass is 174 g/mol. The van der Waals surface area contributed by atoms with Gasteiger partial charge in [0.2, 0.25) is 0 Å². The number of rotatable bonds is 2. The molecular weight excluding hydrogens is 162 g/mol. The maximum Gasteiger partial charge on any atom is 0.405 e. The highest BCUT2D eigenvalue weighted by Gasteiger charge is 2.13. The van der Waals surface area contributed by atoms with E-state index >= 15 is 0 Å². The summed E-state index contributed by atoms with van der Waals surface area (Å²) < 4.78 is 7.34. The maximum atomic E-state index is 5.54. The second-order valence-corrected chi connectivity index (χ2v) is 2.87. The second-order valence-electron chi connectivity index (χ2n) is 2.87. The summed E-state index contributed by atoms with van der Waals surface area (Å²) in [7, 11) is 0. The first-order valence-corrected chi connectivity index (χ1v) is 4.45. The molecule has 1 aromatic carbocycles. The van der Waals surface area contributed by atoms with Gasteiger partial charge in [-0.05, 0) is 23.8 Å². The summed E-state index contributed by atoms with van der Waals surface area (Å²) in [5.41, 5.74) is 1.12. The molecule has 0 amide bonds. The van der Waals surface area contributed by atoms with Crippen LogP contribution in [0.15, 0.2) is 47.1 Å². The van der Waals surface area contributed by atoms with Gasteiger partial charge < -0.3 is 0 Å². The summed E-state index contributed by atoms with van der Waals surface area (Å²) in [6.07, 6.45) is 1.95. The molecule has 0 spiro atoms. The Morgan fingerprint density at radius 1 is 1.15 bits per heavy atom. The van der Waals surface area contributed by atoms with Crippen molar-refractivity contribution in [3.8, 4) is 11.3 Å². The molecule has 0 unspecified atom stereocenters. The van der Waals surface area contributed by atoms with Crippen LogP contribution in [-0.2, 0) is 6.54 Å². The van der Waals surface area contributed by atoms with Crippen LogP contribution in [0.3, 0.4) is 0 Å². The van der Waals surface area contributed by atoms with Crippen molar-refractivity contribution in [2.45, 2.75) is 13.5 Å². The van der Waals surface area contributed by atoms with Crippen LogP contribution in [0.5, 0.6) is 0 Å². The summed E-state index contributed by atoms with van der Waals surface area (Å²) >= 11 is 0. The Balaban J connectivity index is 2.36. The second kappa shape index (κ2) is 3.44. The first-order valence-electron chi connectivity index (χ1n) is 4.45. The third-order valence-electron chi connectivity index (χ3n) is 1.98. The fourth-order valence-corrected chi connectivity index (χ4v) is 1.26. The van der Waals surface area contributed by atoms with Crippen LogP contribution in [0.25, 0.3) is 11.3 Å². The van der Waals surface area contributed by atoms with Gasteiger partial charge in [-0.2, -0.15) is 0 Å². The lowest BCUT2D eigenvalue weighted by Crippen LogP contribution is -1.86. The number of benzene rings is 1. The molecule has 2 aromatic rings. The standard InChI is InChI=1S/C11H12NO/c1-2-12-9-8-11(13-12)10-6-4-3-5-7-10/h3-9H,2H2,1H3/q+1. The average molecular weight is 174 g/mol. The first kappa shape index (κ1) is 8.05. The molecule has 0 radical (unpaired) electrons. The number of nitrogens with zero attached hydrogens (tertiary/aromatic N) is 1. The SMILES string of the molecule is CCn1ccc(-c2ccccc2)[o+]1. The molecule has 13 heavy (non-hydrogen) atoms. The third kappa shape index (κ3) is 1.61. The van der Waals surface area contributed by atoms with Crippen molar-refractivity contribution < 1.29 is 4.52 Å². The van der Waals surface area contributed by atoms with E-state index in [4.69, 9.17) is 4.52 Å². The topological polar surface area (TPSA) is 16.2 Å². The van der Waals surface area contributed by atoms with Crippen LogP contribution in [0.4, 0.5) is 0 Å². The number of hydrogen-bond donors (Lipinski definition) is 0. The van der Waals surface area contributed by atoms with Crippen LogP contribution in [-0.4, -0.2) is 4.74 Å². The molecule has 2 nitrogen and oxygen atoms in total. The Morgan fingerprint density at radius 3 is 2.54 bits per heavy atom. The normalized spacial score (nSPS) is 10.2. The highest BCUT2D eigenvalue weighted by Crippen LogP contribution is 2.18. The van der Waals surface area contributed by atoms with Crippen LogP contribution in [0.1, 0.15) is 6.92 Å². The molecule has 0 N–H and O–H groups in total. The van der Waals surface area contributed by atoms with Crippen molar-refractivity contribution in [1.29, 1.82) is 0 Å². The zero-order chi connectivity index (χ0) is 9.10. The van der Waals surface area contributed by atoms with E-state index < -0.39 is 0 Å². The highest BCUT2D eigenvalue weighted by molar-refractivity contribution is 5.55. The molecule has 66 valence electrons. The molecule has 0 bridgehead atoms. The van der Waals surface area contributed by atoms with Gasteiger partial charge in [0, 0.05) is 0 Å². The molecule has 1 aromatic heterocycles. The molecule has 0 aliphatic rings. The quantitative estimate of drug-likeness (QED) is 0.639. The molecule has 2 rings (SSSR count). The average Bonchev–Trinajstić information content (AvgIpc) is 2.67. The summed E-state index contributed by atoms with van der Waals surface area (Å²) in [5.74, 6) is 0.919.